The zero-order valence-electron chi connectivity index (χ0n) is 21.3. The summed E-state index contributed by atoms with van der Waals surface area (Å²) in [5.41, 5.74) is 9.85. The summed E-state index contributed by atoms with van der Waals surface area (Å²) in [6.07, 6.45) is 9.95. The van der Waals surface area contributed by atoms with Gasteiger partial charge < -0.3 is 25.4 Å². The highest BCUT2D eigenvalue weighted by Crippen LogP contribution is 2.37. The summed E-state index contributed by atoms with van der Waals surface area (Å²) in [7, 11) is 0. The van der Waals surface area contributed by atoms with Crippen molar-refractivity contribution in [2.45, 2.75) is 57.2 Å². The molecule has 0 spiro atoms. The zero-order valence-corrected chi connectivity index (χ0v) is 21.3. The first-order valence-corrected chi connectivity index (χ1v) is 13.0. The van der Waals surface area contributed by atoms with E-state index in [4.69, 9.17) is 20.2 Å². The molecule has 3 aromatic rings. The molecule has 10 nitrogen and oxygen atoms in total. The van der Waals surface area contributed by atoms with Gasteiger partial charge in [-0.1, -0.05) is 0 Å². The molecule has 194 valence electrons. The van der Waals surface area contributed by atoms with E-state index in [1.807, 2.05) is 26.2 Å². The van der Waals surface area contributed by atoms with E-state index in [-0.39, 0.29) is 12.0 Å². The number of pyridine rings is 2. The maximum Gasteiger partial charge on any atom is 0.341 e. The molecule has 10 heteroatoms. The molecule has 0 saturated carbocycles. The number of cyclic esters (lactones) is 1. The van der Waals surface area contributed by atoms with Gasteiger partial charge in [-0.2, -0.15) is 5.10 Å². The summed E-state index contributed by atoms with van der Waals surface area (Å²) in [6.45, 7) is 6.95. The second-order valence-electron chi connectivity index (χ2n) is 10.6. The van der Waals surface area contributed by atoms with E-state index in [1.165, 1.54) is 0 Å². The quantitative estimate of drug-likeness (QED) is 0.501. The van der Waals surface area contributed by atoms with Crippen LogP contribution >= 0.6 is 0 Å². The molecular formula is C27H33N7O3. The van der Waals surface area contributed by atoms with Crippen LogP contribution in [0.25, 0.3) is 11.1 Å². The molecule has 0 amide bonds. The molecule has 3 N–H and O–H groups in total. The van der Waals surface area contributed by atoms with Gasteiger partial charge in [0.15, 0.2) is 0 Å². The van der Waals surface area contributed by atoms with E-state index in [2.05, 4.69) is 37.2 Å². The first kappa shape index (κ1) is 23.9. The molecule has 0 aromatic carbocycles. The standard InChI is InChI=1S/C27H33N7O3/c1-27(2)25-20(26(35)37-27)5-6-23(32-25)31-24-12-22(33-9-3-4-18(28)16-33)21(14-29-24)17-13-30-34(15-17)19-7-10-36-11-8-19/h5-6,12-15,18-19H,3-4,7-11,16,28H2,1-2H3,(H,29,31,32)/t18-/m0/s1. The number of hydrogen-bond donors (Lipinski definition) is 2. The number of piperidine rings is 1. The van der Waals surface area contributed by atoms with Crippen molar-refractivity contribution in [2.75, 3.05) is 36.5 Å². The minimum atomic E-state index is -0.763. The van der Waals surface area contributed by atoms with Crippen LogP contribution in [0.15, 0.2) is 36.8 Å². The van der Waals surface area contributed by atoms with Crippen LogP contribution in [0.5, 0.6) is 0 Å². The number of nitrogens with one attached hydrogen (secondary N) is 1. The zero-order chi connectivity index (χ0) is 25.6. The lowest BCUT2D eigenvalue weighted by Gasteiger charge is -2.34. The van der Waals surface area contributed by atoms with E-state index in [9.17, 15) is 4.79 Å². The number of esters is 1. The molecule has 6 heterocycles. The van der Waals surface area contributed by atoms with Crippen molar-refractivity contribution in [1.29, 1.82) is 0 Å². The third-order valence-corrected chi connectivity index (χ3v) is 7.45. The third-order valence-electron chi connectivity index (χ3n) is 7.45. The summed E-state index contributed by atoms with van der Waals surface area (Å²) >= 11 is 0. The van der Waals surface area contributed by atoms with Crippen LogP contribution in [-0.4, -0.2) is 58.1 Å². The maximum absolute atomic E-state index is 12.1. The molecule has 3 aromatic heterocycles. The number of fused-ring (bicyclic) bond motifs is 1. The van der Waals surface area contributed by atoms with Gasteiger partial charge in [0.05, 0.1) is 17.8 Å². The fourth-order valence-corrected chi connectivity index (χ4v) is 5.47. The molecule has 0 unspecified atom stereocenters. The maximum atomic E-state index is 12.1. The van der Waals surface area contributed by atoms with Crippen molar-refractivity contribution in [3.8, 4) is 11.1 Å². The lowest BCUT2D eigenvalue weighted by molar-refractivity contribution is 0.00834. The van der Waals surface area contributed by atoms with E-state index < -0.39 is 5.60 Å². The van der Waals surface area contributed by atoms with Crippen molar-refractivity contribution in [1.82, 2.24) is 19.7 Å². The average Bonchev–Trinajstić information content (AvgIpc) is 3.47. The Hall–Kier alpha value is -3.50. The smallest absolute Gasteiger partial charge is 0.341 e. The van der Waals surface area contributed by atoms with Gasteiger partial charge in [0.1, 0.15) is 22.9 Å². The lowest BCUT2D eigenvalue weighted by atomic mass is 10.0. The Bertz CT molecular complexity index is 1320. The molecule has 37 heavy (non-hydrogen) atoms. The number of hydrogen-bond acceptors (Lipinski definition) is 9. The fourth-order valence-electron chi connectivity index (χ4n) is 5.47. The number of rotatable bonds is 5. The minimum absolute atomic E-state index is 0.134. The van der Waals surface area contributed by atoms with Crippen LogP contribution in [0.3, 0.4) is 0 Å². The molecule has 0 bridgehead atoms. The number of ether oxygens (including phenoxy) is 2. The highest BCUT2D eigenvalue weighted by molar-refractivity contribution is 5.94. The lowest BCUT2D eigenvalue weighted by Crippen LogP contribution is -2.43. The van der Waals surface area contributed by atoms with Gasteiger partial charge in [-0.05, 0) is 51.7 Å². The predicted octanol–water partition coefficient (Wildman–Crippen LogP) is 3.77. The van der Waals surface area contributed by atoms with Gasteiger partial charge in [-0.3, -0.25) is 4.68 Å². The highest BCUT2D eigenvalue weighted by atomic mass is 16.6. The van der Waals surface area contributed by atoms with Gasteiger partial charge in [-0.25, -0.2) is 14.8 Å². The largest absolute Gasteiger partial charge is 0.449 e. The Labute approximate surface area is 216 Å². The molecule has 1 atom stereocenters. The first-order valence-electron chi connectivity index (χ1n) is 13.0. The first-order chi connectivity index (χ1) is 17.9. The van der Waals surface area contributed by atoms with Gasteiger partial charge >= 0.3 is 5.97 Å². The summed E-state index contributed by atoms with van der Waals surface area (Å²) < 4.78 is 13.0. The predicted molar refractivity (Wildman–Crippen MR) is 140 cm³/mol. The molecule has 0 aliphatic carbocycles. The van der Waals surface area contributed by atoms with Crippen molar-refractivity contribution in [3.63, 3.8) is 0 Å². The number of carbonyl (C=O) groups excluding carboxylic acids is 1. The van der Waals surface area contributed by atoms with Gasteiger partial charge in [-0.15, -0.1) is 0 Å². The van der Waals surface area contributed by atoms with Crippen LogP contribution in [-0.2, 0) is 15.1 Å². The molecule has 3 aliphatic heterocycles. The molecule has 6 rings (SSSR count). The second-order valence-corrected chi connectivity index (χ2v) is 10.6. The van der Waals surface area contributed by atoms with Crippen molar-refractivity contribution in [3.05, 3.63) is 48.0 Å². The topological polar surface area (TPSA) is 120 Å². The highest BCUT2D eigenvalue weighted by Gasteiger charge is 2.39. The number of aromatic nitrogens is 4. The van der Waals surface area contributed by atoms with Gasteiger partial charge in [0, 0.05) is 67.6 Å². The van der Waals surface area contributed by atoms with Crippen LogP contribution in [0.1, 0.15) is 61.6 Å². The molecule has 2 saturated heterocycles. The molecule has 2 fully saturated rings. The Morgan fingerprint density at radius 1 is 1.11 bits per heavy atom. The van der Waals surface area contributed by atoms with E-state index >= 15 is 0 Å². The normalized spacial score (nSPS) is 21.5. The fraction of sp³-hybridized carbons (Fsp3) is 0.481. The number of anilines is 3. The molecule has 3 aliphatic rings. The SMILES string of the molecule is CC1(C)OC(=O)c2ccc(Nc3cc(N4CCC[C@H](N)C4)c(-c4cnn(C5CCOCC5)c4)cn3)nc21. The van der Waals surface area contributed by atoms with E-state index in [0.29, 0.717) is 28.9 Å². The van der Waals surface area contributed by atoms with Crippen molar-refractivity contribution >= 4 is 23.3 Å². The Morgan fingerprint density at radius 3 is 2.76 bits per heavy atom. The van der Waals surface area contributed by atoms with E-state index in [0.717, 1.165) is 68.8 Å². The van der Waals surface area contributed by atoms with Crippen LogP contribution in [0, 0.1) is 0 Å². The van der Waals surface area contributed by atoms with Crippen LogP contribution in [0.2, 0.25) is 0 Å². The van der Waals surface area contributed by atoms with Gasteiger partial charge in [0.2, 0.25) is 0 Å². The number of nitrogens with two attached hydrogens (primary N) is 1. The van der Waals surface area contributed by atoms with Gasteiger partial charge in [0.25, 0.3) is 0 Å². The number of carbonyl (C=O) groups is 1. The number of nitrogens with zero attached hydrogens (tertiary/aromatic N) is 5. The Morgan fingerprint density at radius 2 is 1.95 bits per heavy atom. The Balaban J connectivity index is 1.33. The van der Waals surface area contributed by atoms with Crippen molar-refractivity contribution in [2.24, 2.45) is 5.73 Å². The molecular weight excluding hydrogens is 470 g/mol. The summed E-state index contributed by atoms with van der Waals surface area (Å²) in [6, 6.07) is 6.08. The average molecular weight is 504 g/mol. The summed E-state index contributed by atoms with van der Waals surface area (Å²) in [4.78, 5) is 23.9. The summed E-state index contributed by atoms with van der Waals surface area (Å²) in [5, 5.41) is 8.02. The minimum Gasteiger partial charge on any atom is -0.449 e. The van der Waals surface area contributed by atoms with Crippen LogP contribution in [0.4, 0.5) is 17.3 Å². The third kappa shape index (κ3) is 4.67. The summed E-state index contributed by atoms with van der Waals surface area (Å²) in [5.74, 6) is 0.941. The Kier molecular flexibility index (Phi) is 6.08. The van der Waals surface area contributed by atoms with Crippen LogP contribution < -0.4 is 16.0 Å². The van der Waals surface area contributed by atoms with Crippen molar-refractivity contribution < 1.29 is 14.3 Å². The second kappa shape index (κ2) is 9.42. The monoisotopic (exact) mass is 503 g/mol. The van der Waals surface area contributed by atoms with E-state index in [1.54, 1.807) is 12.1 Å². The molecule has 0 radical (unpaired) electrons.